The largest absolute Gasteiger partial charge is 0.453 e. The van der Waals surface area contributed by atoms with E-state index in [2.05, 4.69) is 5.32 Å². The number of hydrogen-bond acceptors (Lipinski definition) is 4. The summed E-state index contributed by atoms with van der Waals surface area (Å²) in [7, 11) is 0. The quantitative estimate of drug-likeness (QED) is 0.463. The Morgan fingerprint density at radius 1 is 1.57 bits per heavy atom. The zero-order valence-electron chi connectivity index (χ0n) is 12.0. The van der Waals surface area contributed by atoms with Crippen LogP contribution >= 0.6 is 11.6 Å². The van der Waals surface area contributed by atoms with Gasteiger partial charge in [0.15, 0.2) is 5.60 Å². The van der Waals surface area contributed by atoms with E-state index in [0.29, 0.717) is 12.3 Å². The van der Waals surface area contributed by atoms with Gasteiger partial charge in [0.1, 0.15) is 0 Å². The highest BCUT2D eigenvalue weighted by atomic mass is 35.5. The molecular weight excluding hydrogens is 294 g/mol. The van der Waals surface area contributed by atoms with Gasteiger partial charge in [-0.15, -0.1) is 11.6 Å². The smallest absolute Gasteiger partial charge is 0.339 e. The number of carbonyl (C=O) groups is 2. The molecule has 0 aromatic carbocycles. The summed E-state index contributed by atoms with van der Waals surface area (Å²) in [4.78, 5) is 24.4. The molecule has 2 N–H and O–H groups in total. The van der Waals surface area contributed by atoms with Crippen molar-refractivity contribution in [3.63, 3.8) is 0 Å². The van der Waals surface area contributed by atoms with Gasteiger partial charge in [0, 0.05) is 11.8 Å². The molecule has 5 nitrogen and oxygen atoms in total. The molecule has 0 saturated carbocycles. The Labute approximate surface area is 128 Å². The van der Waals surface area contributed by atoms with E-state index in [-0.39, 0.29) is 11.8 Å². The van der Waals surface area contributed by atoms with Crippen LogP contribution in [-0.2, 0) is 14.3 Å². The summed E-state index contributed by atoms with van der Waals surface area (Å²) in [5.74, 6) is -1.14. The van der Waals surface area contributed by atoms with Gasteiger partial charge in [-0.2, -0.15) is 0 Å². The number of aliphatic hydroxyl groups excluding tert-OH is 1. The van der Waals surface area contributed by atoms with Crippen molar-refractivity contribution in [2.75, 3.05) is 5.88 Å². The number of alkyl halides is 1. The van der Waals surface area contributed by atoms with Crippen LogP contribution in [0.15, 0.2) is 12.2 Å². The van der Waals surface area contributed by atoms with E-state index in [1.807, 2.05) is 12.2 Å². The average Bonchev–Trinajstić information content (AvgIpc) is 2.65. The van der Waals surface area contributed by atoms with E-state index in [1.165, 1.54) is 0 Å². The highest BCUT2D eigenvalue weighted by Crippen LogP contribution is 2.53. The number of hydrogen-bond donors (Lipinski definition) is 2. The third-order valence-corrected chi connectivity index (χ3v) is 5.47. The minimum absolute atomic E-state index is 0.138. The fourth-order valence-electron chi connectivity index (χ4n) is 3.99. The molecule has 116 valence electrons. The molecule has 3 aliphatic rings. The molecule has 0 aromatic heterocycles. The molecule has 0 aromatic rings. The van der Waals surface area contributed by atoms with Gasteiger partial charge in [0.25, 0.3) is 0 Å². The topological polar surface area (TPSA) is 75.6 Å². The predicted molar refractivity (Wildman–Crippen MR) is 76.7 cm³/mol. The minimum atomic E-state index is -1.33. The first-order valence-electron chi connectivity index (χ1n) is 7.43. The molecule has 1 aliphatic carbocycles. The van der Waals surface area contributed by atoms with E-state index in [0.717, 1.165) is 19.3 Å². The van der Waals surface area contributed by atoms with Gasteiger partial charge in [-0.25, -0.2) is 4.79 Å². The van der Waals surface area contributed by atoms with Crippen LogP contribution in [0.4, 0.5) is 0 Å². The predicted octanol–water partition coefficient (Wildman–Crippen LogP) is 1.13. The molecular formula is C15H20ClNO4. The standard InChI is InChI=1S/C15H20ClNO4/c1-14-10(7-8-16)12(19)17-15(14,13(20)21-14)11(18)9-5-3-2-4-6-9/h3,5,9-11,18H,2,4,6-8H2,1H3,(H,17,19)/t9-,10?,11+,14+,15?/m1/s1. The lowest BCUT2D eigenvalue weighted by Crippen LogP contribution is -2.80. The van der Waals surface area contributed by atoms with Crippen LogP contribution in [0.5, 0.6) is 0 Å². The maximum absolute atomic E-state index is 12.2. The third-order valence-electron chi connectivity index (χ3n) is 5.25. The van der Waals surface area contributed by atoms with Crippen molar-refractivity contribution < 1.29 is 19.4 Å². The normalized spacial score (nSPS) is 42.8. The van der Waals surface area contributed by atoms with Gasteiger partial charge in [0.05, 0.1) is 12.0 Å². The molecule has 21 heavy (non-hydrogen) atoms. The molecule has 2 saturated heterocycles. The highest BCUT2D eigenvalue weighted by molar-refractivity contribution is 6.18. The van der Waals surface area contributed by atoms with E-state index in [1.54, 1.807) is 6.92 Å². The Morgan fingerprint density at radius 3 is 2.90 bits per heavy atom. The summed E-state index contributed by atoms with van der Waals surface area (Å²) in [6.45, 7) is 1.72. The zero-order chi connectivity index (χ0) is 15.3. The summed E-state index contributed by atoms with van der Waals surface area (Å²) in [6.07, 6.45) is 6.17. The van der Waals surface area contributed by atoms with Crippen molar-refractivity contribution in [2.45, 2.75) is 49.9 Å². The Morgan fingerprint density at radius 2 is 2.33 bits per heavy atom. The first-order chi connectivity index (χ1) is 9.97. The second-order valence-electron chi connectivity index (χ2n) is 6.29. The molecule has 6 heteroatoms. The summed E-state index contributed by atoms with van der Waals surface area (Å²) in [5.41, 5.74) is -2.34. The van der Waals surface area contributed by atoms with E-state index in [9.17, 15) is 14.7 Å². The molecule has 2 aliphatic heterocycles. The van der Waals surface area contributed by atoms with Crippen LogP contribution in [0.2, 0.25) is 0 Å². The molecule has 0 radical (unpaired) electrons. The molecule has 2 heterocycles. The number of esters is 1. The number of aliphatic hydroxyl groups is 1. The van der Waals surface area contributed by atoms with Crippen LogP contribution in [0.1, 0.15) is 32.6 Å². The van der Waals surface area contributed by atoms with Crippen molar-refractivity contribution in [3.8, 4) is 0 Å². The molecule has 0 bridgehead atoms. The van der Waals surface area contributed by atoms with Gasteiger partial charge in [-0.05, 0) is 32.6 Å². The monoisotopic (exact) mass is 313 g/mol. The molecule has 0 spiro atoms. The Kier molecular flexibility index (Phi) is 3.53. The van der Waals surface area contributed by atoms with Crippen molar-refractivity contribution >= 4 is 23.5 Å². The van der Waals surface area contributed by atoms with Gasteiger partial charge >= 0.3 is 5.97 Å². The number of nitrogens with one attached hydrogen (secondary N) is 1. The summed E-state index contributed by atoms with van der Waals surface area (Å²) >= 11 is 5.76. The van der Waals surface area contributed by atoms with Crippen molar-refractivity contribution in [1.82, 2.24) is 5.32 Å². The fourth-order valence-corrected chi connectivity index (χ4v) is 4.21. The number of halogens is 1. The molecule has 1 amide bonds. The molecule has 5 atom stereocenters. The van der Waals surface area contributed by atoms with Crippen molar-refractivity contribution in [2.24, 2.45) is 11.8 Å². The van der Waals surface area contributed by atoms with E-state index < -0.39 is 29.1 Å². The van der Waals surface area contributed by atoms with Crippen LogP contribution in [0.25, 0.3) is 0 Å². The maximum atomic E-state index is 12.2. The lowest BCUT2D eigenvalue weighted by molar-refractivity contribution is -0.238. The van der Waals surface area contributed by atoms with Crippen LogP contribution in [-0.4, -0.2) is 40.1 Å². The Bertz CT molecular complexity index is 508. The summed E-state index contributed by atoms with van der Waals surface area (Å²) in [6, 6.07) is 0. The number of ether oxygens (including phenoxy) is 1. The lowest BCUT2D eigenvalue weighted by Gasteiger charge is -2.54. The summed E-state index contributed by atoms with van der Waals surface area (Å²) < 4.78 is 5.34. The maximum Gasteiger partial charge on any atom is 0.339 e. The second-order valence-corrected chi connectivity index (χ2v) is 6.67. The number of amides is 1. The van der Waals surface area contributed by atoms with Crippen LogP contribution in [0.3, 0.4) is 0 Å². The molecule has 2 fully saturated rings. The highest BCUT2D eigenvalue weighted by Gasteiger charge is 2.79. The van der Waals surface area contributed by atoms with Gasteiger partial charge < -0.3 is 15.2 Å². The number of rotatable bonds is 4. The van der Waals surface area contributed by atoms with E-state index >= 15 is 0 Å². The lowest BCUT2D eigenvalue weighted by atomic mass is 9.64. The average molecular weight is 314 g/mol. The SMILES string of the molecule is C[C@@]12OC(=O)C1([C@@H](O)[C@@H]1C=CCCC1)NC(=O)C2CCCl. The number of carbonyl (C=O) groups excluding carboxylic acids is 2. The number of fused-ring (bicyclic) bond motifs is 1. The van der Waals surface area contributed by atoms with Crippen LogP contribution < -0.4 is 5.32 Å². The number of allylic oxidation sites excluding steroid dienone is 1. The van der Waals surface area contributed by atoms with Gasteiger partial charge in [-0.1, -0.05) is 12.2 Å². The summed E-state index contributed by atoms with van der Waals surface area (Å²) in [5, 5.41) is 13.5. The van der Waals surface area contributed by atoms with Crippen molar-refractivity contribution in [3.05, 3.63) is 12.2 Å². The Hall–Kier alpha value is -1.07. The second kappa shape index (κ2) is 4.99. The zero-order valence-corrected chi connectivity index (χ0v) is 12.7. The van der Waals surface area contributed by atoms with Crippen molar-refractivity contribution in [1.29, 1.82) is 0 Å². The van der Waals surface area contributed by atoms with Crippen LogP contribution in [0, 0.1) is 11.8 Å². The fraction of sp³-hybridized carbons (Fsp3) is 0.733. The molecule has 2 unspecified atom stereocenters. The van der Waals surface area contributed by atoms with Gasteiger partial charge in [0.2, 0.25) is 11.4 Å². The third kappa shape index (κ3) is 1.80. The first-order valence-corrected chi connectivity index (χ1v) is 7.97. The minimum Gasteiger partial charge on any atom is -0.453 e. The molecule has 3 rings (SSSR count). The van der Waals surface area contributed by atoms with E-state index in [4.69, 9.17) is 16.3 Å². The first kappa shape index (κ1) is 14.9. The Balaban J connectivity index is 1.94. The van der Waals surface area contributed by atoms with Gasteiger partial charge in [-0.3, -0.25) is 4.79 Å².